The molecule has 4 N–H and O–H groups in total. The minimum atomic E-state index is -0.792. The van der Waals surface area contributed by atoms with E-state index in [9.17, 15) is 4.79 Å². The number of nitrogen functional groups attached to an aromatic ring is 1. The Morgan fingerprint density at radius 1 is 1.53 bits per heavy atom. The van der Waals surface area contributed by atoms with Gasteiger partial charge < -0.3 is 15.8 Å². The van der Waals surface area contributed by atoms with Crippen molar-refractivity contribution in [3.63, 3.8) is 0 Å². The Kier molecular flexibility index (Phi) is 3.43. The number of carbonyl (C=O) groups is 1. The molecule has 0 amide bonds. The average Bonchev–Trinajstić information content (AvgIpc) is 2.71. The molecule has 0 atom stereocenters. The quantitative estimate of drug-likeness (QED) is 0.411. The molecule has 0 aromatic carbocycles. The molecular formula is C9H11N5O2S. The number of thioether (sulfide) groups is 1. The van der Waals surface area contributed by atoms with Gasteiger partial charge in [0.25, 0.3) is 0 Å². The second-order valence-electron chi connectivity index (χ2n) is 3.33. The van der Waals surface area contributed by atoms with Gasteiger partial charge in [0, 0.05) is 12.2 Å². The lowest BCUT2D eigenvalue weighted by Crippen LogP contribution is -1.98. The molecule has 0 aliphatic heterocycles. The maximum absolute atomic E-state index is 10.4. The van der Waals surface area contributed by atoms with Crippen LogP contribution < -0.4 is 5.73 Å². The molecule has 0 spiro atoms. The Morgan fingerprint density at radius 3 is 3.12 bits per heavy atom. The van der Waals surface area contributed by atoms with E-state index >= 15 is 0 Å². The molecule has 7 nitrogen and oxygen atoms in total. The van der Waals surface area contributed by atoms with E-state index in [0.717, 1.165) is 5.52 Å². The van der Waals surface area contributed by atoms with Gasteiger partial charge in [-0.1, -0.05) is 0 Å². The molecule has 0 saturated carbocycles. The lowest BCUT2D eigenvalue weighted by atomic mass is 10.3. The fourth-order valence-electron chi connectivity index (χ4n) is 1.32. The van der Waals surface area contributed by atoms with E-state index in [1.54, 1.807) is 0 Å². The zero-order chi connectivity index (χ0) is 12.3. The Bertz CT molecular complexity index is 541. The largest absolute Gasteiger partial charge is 0.481 e. The Balaban J connectivity index is 2.07. The molecule has 8 heteroatoms. The molecule has 0 bridgehead atoms. The van der Waals surface area contributed by atoms with E-state index in [1.807, 2.05) is 0 Å². The van der Waals surface area contributed by atoms with E-state index in [0.29, 0.717) is 22.8 Å². The maximum atomic E-state index is 10.4. The van der Waals surface area contributed by atoms with Gasteiger partial charge in [-0.2, -0.15) is 4.98 Å². The van der Waals surface area contributed by atoms with Crippen LogP contribution in [0.25, 0.3) is 11.2 Å². The lowest BCUT2D eigenvalue weighted by Gasteiger charge is -2.01. The molecule has 17 heavy (non-hydrogen) atoms. The van der Waals surface area contributed by atoms with E-state index in [1.165, 1.54) is 18.1 Å². The fraction of sp³-hybridized carbons (Fsp3) is 0.333. The summed E-state index contributed by atoms with van der Waals surface area (Å²) in [5.74, 6) is 0.0430. The van der Waals surface area contributed by atoms with Crippen LogP contribution in [-0.2, 0) is 4.79 Å². The monoisotopic (exact) mass is 253 g/mol. The van der Waals surface area contributed by atoms with E-state index in [-0.39, 0.29) is 12.4 Å². The van der Waals surface area contributed by atoms with Crippen molar-refractivity contribution >= 4 is 34.8 Å². The van der Waals surface area contributed by atoms with Crippen molar-refractivity contribution in [2.45, 2.75) is 17.9 Å². The van der Waals surface area contributed by atoms with Gasteiger partial charge >= 0.3 is 5.97 Å². The molecule has 2 aromatic heterocycles. The highest BCUT2D eigenvalue weighted by atomic mass is 32.2. The second-order valence-corrected chi connectivity index (χ2v) is 4.42. The molecule has 0 fully saturated rings. The number of anilines is 1. The zero-order valence-electron chi connectivity index (χ0n) is 8.88. The summed E-state index contributed by atoms with van der Waals surface area (Å²) < 4.78 is 0. The van der Waals surface area contributed by atoms with Crippen molar-refractivity contribution in [1.82, 2.24) is 19.9 Å². The number of H-pyrrole nitrogens is 1. The molecule has 0 aliphatic rings. The number of nitrogens with two attached hydrogens (primary N) is 1. The molecule has 90 valence electrons. The van der Waals surface area contributed by atoms with Crippen molar-refractivity contribution in [2.24, 2.45) is 0 Å². The van der Waals surface area contributed by atoms with Crippen LogP contribution in [0.2, 0.25) is 0 Å². The van der Waals surface area contributed by atoms with E-state index in [4.69, 9.17) is 10.8 Å². The smallest absolute Gasteiger partial charge is 0.303 e. The predicted molar refractivity (Wildman–Crippen MR) is 63.7 cm³/mol. The highest BCUT2D eigenvalue weighted by Crippen LogP contribution is 2.24. The van der Waals surface area contributed by atoms with E-state index in [2.05, 4.69) is 19.9 Å². The molecular weight excluding hydrogens is 242 g/mol. The molecule has 0 saturated heterocycles. The first-order valence-electron chi connectivity index (χ1n) is 4.98. The fourth-order valence-corrected chi connectivity index (χ4v) is 2.25. The molecule has 0 unspecified atom stereocenters. The summed E-state index contributed by atoms with van der Waals surface area (Å²) in [7, 11) is 0. The highest BCUT2D eigenvalue weighted by molar-refractivity contribution is 7.99. The number of nitrogens with zero attached hydrogens (tertiary/aromatic N) is 3. The number of fused-ring (bicyclic) bond motifs is 1. The van der Waals surface area contributed by atoms with Crippen LogP contribution in [0.5, 0.6) is 0 Å². The van der Waals surface area contributed by atoms with Gasteiger partial charge in [0.2, 0.25) is 5.95 Å². The van der Waals surface area contributed by atoms with Crippen LogP contribution in [0, 0.1) is 0 Å². The van der Waals surface area contributed by atoms with Crippen LogP contribution in [0.3, 0.4) is 0 Å². The molecule has 2 heterocycles. The average molecular weight is 253 g/mol. The number of rotatable bonds is 5. The highest BCUT2D eigenvalue weighted by Gasteiger charge is 2.09. The zero-order valence-corrected chi connectivity index (χ0v) is 9.70. The number of carboxylic acid groups (broad SMARTS) is 1. The number of hydrogen-bond donors (Lipinski definition) is 3. The van der Waals surface area contributed by atoms with Gasteiger partial charge in [0.1, 0.15) is 10.5 Å². The normalized spacial score (nSPS) is 10.8. The van der Waals surface area contributed by atoms with Gasteiger partial charge in [-0.15, -0.1) is 11.8 Å². The van der Waals surface area contributed by atoms with Crippen molar-refractivity contribution in [3.8, 4) is 0 Å². The third-order valence-corrected chi connectivity index (χ3v) is 3.11. The maximum Gasteiger partial charge on any atom is 0.303 e. The van der Waals surface area contributed by atoms with Crippen LogP contribution in [0.1, 0.15) is 12.8 Å². The standard InChI is InChI=1S/C9H11N5O2S/c10-9-13-7-6(11-4-12-7)8(14-9)17-3-1-2-5(15)16/h4H,1-3H2,(H,15,16)(H3,10,11,12,13,14). The number of aromatic nitrogens is 4. The van der Waals surface area contributed by atoms with Gasteiger partial charge in [-0.05, 0) is 6.42 Å². The minimum Gasteiger partial charge on any atom is -0.481 e. The molecule has 2 rings (SSSR count). The van der Waals surface area contributed by atoms with Gasteiger partial charge in [-0.25, -0.2) is 9.97 Å². The van der Waals surface area contributed by atoms with Crippen molar-refractivity contribution in [1.29, 1.82) is 0 Å². The summed E-state index contributed by atoms with van der Waals surface area (Å²) in [5.41, 5.74) is 6.81. The number of nitrogens with one attached hydrogen (secondary N) is 1. The summed E-state index contributed by atoms with van der Waals surface area (Å²) in [6.07, 6.45) is 2.26. The van der Waals surface area contributed by atoms with Crippen molar-refractivity contribution < 1.29 is 9.90 Å². The Labute approximate surface area is 101 Å². The first kappa shape index (κ1) is 11.6. The number of aliphatic carboxylic acids is 1. The summed E-state index contributed by atoms with van der Waals surface area (Å²) in [4.78, 5) is 25.4. The Morgan fingerprint density at radius 2 is 2.35 bits per heavy atom. The van der Waals surface area contributed by atoms with Crippen LogP contribution in [-0.4, -0.2) is 36.8 Å². The number of imidazole rings is 1. The minimum absolute atomic E-state index is 0.152. The van der Waals surface area contributed by atoms with Crippen LogP contribution in [0.15, 0.2) is 11.4 Å². The van der Waals surface area contributed by atoms with Crippen LogP contribution >= 0.6 is 11.8 Å². The number of aromatic amines is 1. The first-order chi connectivity index (χ1) is 8.16. The molecule has 2 aromatic rings. The molecule has 0 radical (unpaired) electrons. The Hall–Kier alpha value is -1.83. The SMILES string of the molecule is Nc1nc(SCCCC(=O)O)c2[nH]cnc2n1. The lowest BCUT2D eigenvalue weighted by molar-refractivity contribution is -0.137. The third-order valence-electron chi connectivity index (χ3n) is 2.04. The molecule has 0 aliphatic carbocycles. The van der Waals surface area contributed by atoms with Gasteiger partial charge in [-0.3, -0.25) is 4.79 Å². The van der Waals surface area contributed by atoms with Gasteiger partial charge in [0.15, 0.2) is 5.65 Å². The van der Waals surface area contributed by atoms with E-state index < -0.39 is 5.97 Å². The summed E-state index contributed by atoms with van der Waals surface area (Å²) >= 11 is 1.44. The predicted octanol–water partition coefficient (Wildman–Crippen LogP) is 0.892. The van der Waals surface area contributed by atoms with Gasteiger partial charge in [0.05, 0.1) is 6.33 Å². The summed E-state index contributed by atoms with van der Waals surface area (Å²) in [5, 5.41) is 9.23. The van der Waals surface area contributed by atoms with Crippen molar-refractivity contribution in [2.75, 3.05) is 11.5 Å². The van der Waals surface area contributed by atoms with Crippen molar-refractivity contribution in [3.05, 3.63) is 6.33 Å². The number of hydrogen-bond acceptors (Lipinski definition) is 6. The first-order valence-corrected chi connectivity index (χ1v) is 5.96. The second kappa shape index (κ2) is 5.00. The third kappa shape index (κ3) is 2.84. The van der Waals surface area contributed by atoms with Crippen LogP contribution in [0.4, 0.5) is 5.95 Å². The topological polar surface area (TPSA) is 118 Å². The number of carboxylic acids is 1. The summed E-state index contributed by atoms with van der Waals surface area (Å²) in [6.45, 7) is 0. The summed E-state index contributed by atoms with van der Waals surface area (Å²) in [6, 6.07) is 0.